The molecule has 1 aliphatic rings. The maximum Gasteiger partial charge on any atom is 0.158 e. The third-order valence-electron chi connectivity index (χ3n) is 4.05. The van der Waals surface area contributed by atoms with Crippen molar-refractivity contribution >= 4 is 11.6 Å². The summed E-state index contributed by atoms with van der Waals surface area (Å²) in [5.41, 5.74) is 3.46. The molecule has 0 bridgehead atoms. The molecular weight excluding hydrogens is 327 g/mol. The lowest BCUT2D eigenvalue weighted by atomic mass is 9.98. The highest BCUT2D eigenvalue weighted by atomic mass is 35.5. The number of aromatic amines is 1. The van der Waals surface area contributed by atoms with E-state index in [2.05, 4.69) is 15.0 Å². The molecule has 4 nitrogen and oxygen atoms in total. The van der Waals surface area contributed by atoms with Gasteiger partial charge in [-0.3, -0.25) is 0 Å². The summed E-state index contributed by atoms with van der Waals surface area (Å²) in [5.74, 6) is 0.535. The van der Waals surface area contributed by atoms with Crippen LogP contribution in [0.25, 0.3) is 22.5 Å². The average Bonchev–Trinajstić information content (AvgIpc) is 3.31. The van der Waals surface area contributed by atoms with E-state index in [0.29, 0.717) is 22.5 Å². The molecule has 2 aromatic heterocycles. The van der Waals surface area contributed by atoms with Crippen molar-refractivity contribution in [3.8, 4) is 28.6 Å². The summed E-state index contributed by atoms with van der Waals surface area (Å²) >= 11 is 6.18. The summed E-state index contributed by atoms with van der Waals surface area (Å²) in [6, 6.07) is 10.2. The van der Waals surface area contributed by atoms with Crippen LogP contribution in [0.3, 0.4) is 0 Å². The number of rotatable bonds is 3. The molecule has 4 rings (SSSR count). The van der Waals surface area contributed by atoms with Gasteiger partial charge in [0.25, 0.3) is 0 Å². The van der Waals surface area contributed by atoms with Gasteiger partial charge in [0.15, 0.2) is 5.69 Å². The Morgan fingerprint density at radius 1 is 1.17 bits per heavy atom. The Bertz CT molecular complexity index is 969. The van der Waals surface area contributed by atoms with Gasteiger partial charge in [0.05, 0.1) is 0 Å². The van der Waals surface area contributed by atoms with Crippen LogP contribution in [0.5, 0.6) is 0 Å². The van der Waals surface area contributed by atoms with Crippen LogP contribution >= 0.6 is 11.6 Å². The lowest BCUT2D eigenvalue weighted by Gasteiger charge is -2.10. The van der Waals surface area contributed by atoms with Gasteiger partial charge in [-0.2, -0.15) is 5.26 Å². The highest BCUT2D eigenvalue weighted by Crippen LogP contribution is 2.41. The van der Waals surface area contributed by atoms with Crippen LogP contribution in [0.15, 0.2) is 36.5 Å². The predicted octanol–water partition coefficient (Wildman–Crippen LogP) is 4.68. The molecule has 0 radical (unpaired) electrons. The van der Waals surface area contributed by atoms with Crippen molar-refractivity contribution in [2.24, 2.45) is 0 Å². The normalized spacial score (nSPS) is 13.7. The second kappa shape index (κ2) is 5.73. The van der Waals surface area contributed by atoms with Crippen LogP contribution < -0.4 is 0 Å². The van der Waals surface area contributed by atoms with Crippen LogP contribution in [0.4, 0.5) is 4.39 Å². The van der Waals surface area contributed by atoms with E-state index in [1.165, 1.54) is 18.3 Å². The molecular formula is C18H12ClFN4. The summed E-state index contributed by atoms with van der Waals surface area (Å²) in [6.07, 6.45) is 3.73. The Hall–Kier alpha value is -2.71. The molecule has 0 amide bonds. The molecule has 0 aliphatic heterocycles. The average molecular weight is 339 g/mol. The molecule has 1 aromatic carbocycles. The molecule has 6 heteroatoms. The van der Waals surface area contributed by atoms with Crippen LogP contribution in [-0.4, -0.2) is 15.0 Å². The van der Waals surface area contributed by atoms with Gasteiger partial charge in [-0.1, -0.05) is 17.7 Å². The number of nitriles is 1. The smallest absolute Gasteiger partial charge is 0.158 e. The predicted molar refractivity (Wildman–Crippen MR) is 88.9 cm³/mol. The van der Waals surface area contributed by atoms with Gasteiger partial charge in [0.1, 0.15) is 22.9 Å². The van der Waals surface area contributed by atoms with Crippen LogP contribution in [0.1, 0.15) is 30.1 Å². The molecule has 2 heterocycles. The summed E-state index contributed by atoms with van der Waals surface area (Å²) in [4.78, 5) is 11.5. The van der Waals surface area contributed by atoms with E-state index in [1.54, 1.807) is 12.1 Å². The van der Waals surface area contributed by atoms with Gasteiger partial charge in [-0.25, -0.2) is 14.4 Å². The van der Waals surface area contributed by atoms with Crippen LogP contribution in [0, 0.1) is 17.1 Å². The van der Waals surface area contributed by atoms with Crippen molar-refractivity contribution in [3.63, 3.8) is 0 Å². The van der Waals surface area contributed by atoms with E-state index in [1.807, 2.05) is 12.1 Å². The van der Waals surface area contributed by atoms with Crippen molar-refractivity contribution < 1.29 is 4.39 Å². The van der Waals surface area contributed by atoms with Gasteiger partial charge in [0.2, 0.25) is 0 Å². The number of hydrogen-bond donors (Lipinski definition) is 1. The monoisotopic (exact) mass is 338 g/mol. The van der Waals surface area contributed by atoms with Gasteiger partial charge in [-0.15, -0.1) is 0 Å². The Kier molecular flexibility index (Phi) is 3.55. The third-order valence-corrected chi connectivity index (χ3v) is 4.24. The highest BCUT2D eigenvalue weighted by Gasteiger charge is 2.26. The zero-order chi connectivity index (χ0) is 16.7. The van der Waals surface area contributed by atoms with Gasteiger partial charge in [-0.05, 0) is 48.2 Å². The SMILES string of the molecule is N#Cc1c[nH]c(-c2cc(F)ccc2-c2cc(Cl)nc(C3CC3)c2)n1. The van der Waals surface area contributed by atoms with E-state index < -0.39 is 0 Å². The van der Waals surface area contributed by atoms with Crippen LogP contribution in [-0.2, 0) is 0 Å². The molecule has 0 unspecified atom stereocenters. The largest absolute Gasteiger partial charge is 0.343 e. The van der Waals surface area contributed by atoms with E-state index in [4.69, 9.17) is 16.9 Å². The number of halogens is 2. The second-order valence-corrected chi connectivity index (χ2v) is 6.20. The lowest BCUT2D eigenvalue weighted by molar-refractivity contribution is 0.628. The van der Waals surface area contributed by atoms with E-state index in [-0.39, 0.29) is 11.5 Å². The number of pyridine rings is 1. The fraction of sp³-hybridized carbons (Fsp3) is 0.167. The number of aromatic nitrogens is 3. The number of benzene rings is 1. The minimum atomic E-state index is -0.369. The molecule has 24 heavy (non-hydrogen) atoms. The molecule has 1 fully saturated rings. The summed E-state index contributed by atoms with van der Waals surface area (Å²) in [6.45, 7) is 0. The second-order valence-electron chi connectivity index (χ2n) is 5.81. The van der Waals surface area contributed by atoms with Crippen molar-refractivity contribution in [1.29, 1.82) is 5.26 Å². The quantitative estimate of drug-likeness (QED) is 0.705. The summed E-state index contributed by atoms with van der Waals surface area (Å²) in [5, 5.41) is 9.37. The number of imidazole rings is 1. The third kappa shape index (κ3) is 2.77. The first-order valence-corrected chi connectivity index (χ1v) is 7.95. The first-order chi connectivity index (χ1) is 11.6. The minimum absolute atomic E-state index is 0.256. The number of H-pyrrole nitrogens is 1. The van der Waals surface area contributed by atoms with E-state index >= 15 is 0 Å². The first-order valence-electron chi connectivity index (χ1n) is 7.57. The molecule has 0 saturated heterocycles. The lowest BCUT2D eigenvalue weighted by Crippen LogP contribution is -1.93. The molecule has 0 atom stereocenters. The molecule has 1 saturated carbocycles. The van der Waals surface area contributed by atoms with E-state index in [9.17, 15) is 4.39 Å². The zero-order valence-electron chi connectivity index (χ0n) is 12.6. The van der Waals surface area contributed by atoms with Crippen molar-refractivity contribution in [3.05, 3.63) is 58.9 Å². The fourth-order valence-corrected chi connectivity index (χ4v) is 2.96. The minimum Gasteiger partial charge on any atom is -0.343 e. The van der Waals surface area contributed by atoms with Crippen molar-refractivity contribution in [2.75, 3.05) is 0 Å². The fourth-order valence-electron chi connectivity index (χ4n) is 2.74. The Balaban J connectivity index is 1.88. The molecule has 3 aromatic rings. The Morgan fingerprint density at radius 3 is 2.71 bits per heavy atom. The summed E-state index contributed by atoms with van der Waals surface area (Å²) < 4.78 is 13.8. The van der Waals surface area contributed by atoms with Gasteiger partial charge in [0, 0.05) is 23.4 Å². The van der Waals surface area contributed by atoms with Gasteiger partial charge >= 0.3 is 0 Å². The highest BCUT2D eigenvalue weighted by molar-refractivity contribution is 6.29. The molecule has 1 aliphatic carbocycles. The van der Waals surface area contributed by atoms with Gasteiger partial charge < -0.3 is 4.98 Å². The van der Waals surface area contributed by atoms with E-state index in [0.717, 1.165) is 29.7 Å². The summed E-state index contributed by atoms with van der Waals surface area (Å²) in [7, 11) is 0. The van der Waals surface area contributed by atoms with Crippen molar-refractivity contribution in [1.82, 2.24) is 15.0 Å². The maximum atomic E-state index is 13.8. The zero-order valence-corrected chi connectivity index (χ0v) is 13.3. The Morgan fingerprint density at radius 2 is 2.00 bits per heavy atom. The number of hydrogen-bond acceptors (Lipinski definition) is 3. The maximum absolute atomic E-state index is 13.8. The van der Waals surface area contributed by atoms with Crippen molar-refractivity contribution in [2.45, 2.75) is 18.8 Å². The first kappa shape index (κ1) is 14.9. The Labute approximate surface area is 143 Å². The number of nitrogens with zero attached hydrogens (tertiary/aromatic N) is 3. The molecule has 1 N–H and O–H groups in total. The standard InChI is InChI=1S/C18H12ClFN4/c19-17-6-11(5-16(24-17)10-1-2-10)14-4-3-12(20)7-15(14)18-22-9-13(8-21)23-18/h3-7,9-10H,1-2H2,(H,22,23). The topological polar surface area (TPSA) is 65.4 Å². The molecule has 118 valence electrons. The molecule has 0 spiro atoms. The van der Waals surface area contributed by atoms with Crippen LogP contribution in [0.2, 0.25) is 5.15 Å². The number of nitrogens with one attached hydrogen (secondary N) is 1.